The number of benzene rings is 1. The summed E-state index contributed by atoms with van der Waals surface area (Å²) >= 11 is 7.73. The molecule has 0 saturated heterocycles. The lowest BCUT2D eigenvalue weighted by molar-refractivity contribution is 0.0959. The summed E-state index contributed by atoms with van der Waals surface area (Å²) in [5.74, 6) is 0.121. The molecule has 1 aromatic heterocycles. The zero-order valence-electron chi connectivity index (χ0n) is 13.7. The van der Waals surface area contributed by atoms with Crippen LogP contribution < -0.4 is 5.43 Å². The molecule has 2 aromatic rings. The van der Waals surface area contributed by atoms with E-state index in [1.54, 1.807) is 0 Å². The highest BCUT2D eigenvalue weighted by atomic mass is 35.5. The molecular formula is C19H19ClN2OS. The van der Waals surface area contributed by atoms with Gasteiger partial charge in [0.25, 0.3) is 5.91 Å². The lowest BCUT2D eigenvalue weighted by atomic mass is 9.85. The van der Waals surface area contributed by atoms with Gasteiger partial charge in [-0.1, -0.05) is 48.0 Å². The first kappa shape index (κ1) is 16.9. The average Bonchev–Trinajstić information content (AvgIpc) is 2.91. The molecule has 5 heteroatoms. The molecule has 1 N–H and O–H groups in total. The van der Waals surface area contributed by atoms with Crippen molar-refractivity contribution in [3.63, 3.8) is 0 Å². The summed E-state index contributed by atoms with van der Waals surface area (Å²) < 4.78 is 0.997. The van der Waals surface area contributed by atoms with E-state index >= 15 is 0 Å². The van der Waals surface area contributed by atoms with Crippen molar-refractivity contribution < 1.29 is 4.79 Å². The number of fused-ring (bicyclic) bond motifs is 1. The van der Waals surface area contributed by atoms with Crippen LogP contribution in [0.1, 0.15) is 36.4 Å². The Morgan fingerprint density at radius 3 is 2.88 bits per heavy atom. The molecule has 0 aliphatic heterocycles. The lowest BCUT2D eigenvalue weighted by Crippen LogP contribution is -2.22. The number of allylic oxidation sites excluding steroid dienone is 3. The predicted molar refractivity (Wildman–Crippen MR) is 103 cm³/mol. The second-order valence-electron chi connectivity index (χ2n) is 6.11. The monoisotopic (exact) mass is 358 g/mol. The third-order valence-electron chi connectivity index (χ3n) is 4.33. The number of hydrazone groups is 1. The van der Waals surface area contributed by atoms with E-state index in [9.17, 15) is 4.79 Å². The molecule has 0 fully saturated rings. The van der Waals surface area contributed by atoms with E-state index in [1.165, 1.54) is 11.3 Å². The second kappa shape index (κ2) is 6.91. The summed E-state index contributed by atoms with van der Waals surface area (Å²) in [6.07, 6.45) is 3.94. The van der Waals surface area contributed by atoms with Crippen molar-refractivity contribution in [3.05, 3.63) is 58.0 Å². The first-order chi connectivity index (χ1) is 11.5. The van der Waals surface area contributed by atoms with Crippen molar-refractivity contribution >= 4 is 44.6 Å². The lowest BCUT2D eigenvalue weighted by Gasteiger charge is -2.22. The van der Waals surface area contributed by atoms with Crippen molar-refractivity contribution in [2.75, 3.05) is 0 Å². The van der Waals surface area contributed by atoms with E-state index in [1.807, 2.05) is 38.1 Å². The van der Waals surface area contributed by atoms with Gasteiger partial charge in [-0.05, 0) is 44.2 Å². The second-order valence-corrected chi connectivity index (χ2v) is 7.54. The smallest absolute Gasteiger partial charge is 0.266 e. The minimum Gasteiger partial charge on any atom is -0.266 e. The molecule has 1 aliphatic rings. The van der Waals surface area contributed by atoms with Crippen LogP contribution in [0.4, 0.5) is 0 Å². The fourth-order valence-electron chi connectivity index (χ4n) is 2.75. The van der Waals surface area contributed by atoms with E-state index in [4.69, 9.17) is 11.6 Å². The SMILES string of the molecule is C=C(C)[C@@H]1CC=C(C)C(=NNC(=O)c2sc3ccccc3c2Cl)C1. The van der Waals surface area contributed by atoms with Crippen LogP contribution in [0.3, 0.4) is 0 Å². The highest BCUT2D eigenvalue weighted by Crippen LogP contribution is 2.35. The largest absolute Gasteiger partial charge is 0.283 e. The Morgan fingerprint density at radius 1 is 1.42 bits per heavy atom. The summed E-state index contributed by atoms with van der Waals surface area (Å²) in [7, 11) is 0. The molecule has 1 aliphatic carbocycles. The van der Waals surface area contributed by atoms with E-state index < -0.39 is 0 Å². The standard InChI is InChI=1S/C19H19ClN2OS/c1-11(2)13-9-8-12(3)15(10-13)21-22-19(23)18-17(20)14-6-4-5-7-16(14)24-18/h4-8,13H,1,9-10H2,2-3H3,(H,22,23)/t13-/m1/s1. The van der Waals surface area contributed by atoms with Gasteiger partial charge in [-0.25, -0.2) is 5.43 Å². The minimum atomic E-state index is -0.265. The average molecular weight is 359 g/mol. The van der Waals surface area contributed by atoms with Gasteiger partial charge in [0.2, 0.25) is 0 Å². The van der Waals surface area contributed by atoms with Gasteiger partial charge < -0.3 is 0 Å². The molecule has 0 spiro atoms. The number of rotatable bonds is 3. The molecule has 124 valence electrons. The quantitative estimate of drug-likeness (QED) is 0.565. The fourth-order valence-corrected chi connectivity index (χ4v) is 4.16. The van der Waals surface area contributed by atoms with E-state index in [0.29, 0.717) is 15.8 Å². The molecule has 1 amide bonds. The maximum absolute atomic E-state index is 12.5. The van der Waals surface area contributed by atoms with Crippen molar-refractivity contribution in [1.29, 1.82) is 0 Å². The van der Waals surface area contributed by atoms with Gasteiger partial charge in [-0.3, -0.25) is 4.79 Å². The van der Waals surface area contributed by atoms with Crippen LogP contribution in [0.15, 0.2) is 53.2 Å². The Balaban J connectivity index is 1.81. The van der Waals surface area contributed by atoms with Crippen molar-refractivity contribution in [1.82, 2.24) is 5.43 Å². The van der Waals surface area contributed by atoms with E-state index in [0.717, 1.165) is 39.8 Å². The number of thiophene rings is 1. The van der Waals surface area contributed by atoms with Crippen molar-refractivity contribution in [3.8, 4) is 0 Å². The molecule has 0 saturated carbocycles. The Hall–Kier alpha value is -1.91. The maximum Gasteiger partial charge on any atom is 0.283 e. The van der Waals surface area contributed by atoms with Crippen LogP contribution in [-0.2, 0) is 0 Å². The number of hydrogen-bond acceptors (Lipinski definition) is 3. The highest BCUT2D eigenvalue weighted by molar-refractivity contribution is 7.21. The van der Waals surface area contributed by atoms with Gasteiger partial charge in [0.05, 0.1) is 10.7 Å². The van der Waals surface area contributed by atoms with Crippen LogP contribution in [0.25, 0.3) is 10.1 Å². The third kappa shape index (κ3) is 3.30. The Labute approximate surface area is 150 Å². The van der Waals surface area contributed by atoms with Crippen LogP contribution in [0.2, 0.25) is 5.02 Å². The van der Waals surface area contributed by atoms with Crippen molar-refractivity contribution in [2.24, 2.45) is 11.0 Å². The minimum absolute atomic E-state index is 0.265. The summed E-state index contributed by atoms with van der Waals surface area (Å²) in [5, 5.41) is 5.73. The maximum atomic E-state index is 12.5. The number of amides is 1. The van der Waals surface area contributed by atoms with Gasteiger partial charge in [-0.15, -0.1) is 11.3 Å². The number of nitrogens with zero attached hydrogens (tertiary/aromatic N) is 1. The molecule has 1 heterocycles. The van der Waals surface area contributed by atoms with Crippen LogP contribution in [0, 0.1) is 5.92 Å². The van der Waals surface area contributed by atoms with E-state index in [2.05, 4.69) is 23.2 Å². The number of nitrogens with one attached hydrogen (secondary N) is 1. The summed E-state index contributed by atoms with van der Waals surface area (Å²) in [4.78, 5) is 13.0. The molecule has 0 bridgehead atoms. The summed E-state index contributed by atoms with van der Waals surface area (Å²) in [5.41, 5.74) is 5.82. The number of carbonyl (C=O) groups is 1. The molecule has 0 unspecified atom stereocenters. The molecule has 3 nitrogen and oxygen atoms in total. The number of carbonyl (C=O) groups excluding carboxylic acids is 1. The first-order valence-electron chi connectivity index (χ1n) is 7.84. The third-order valence-corrected chi connectivity index (χ3v) is 6.01. The molecule has 1 aromatic carbocycles. The Bertz CT molecular complexity index is 879. The number of halogens is 1. The van der Waals surface area contributed by atoms with Crippen LogP contribution in [-0.4, -0.2) is 11.6 Å². The molecule has 1 atom stereocenters. The summed E-state index contributed by atoms with van der Waals surface area (Å²) in [6.45, 7) is 8.08. The summed E-state index contributed by atoms with van der Waals surface area (Å²) in [6, 6.07) is 7.73. The first-order valence-corrected chi connectivity index (χ1v) is 9.03. The van der Waals surface area contributed by atoms with Gasteiger partial charge >= 0.3 is 0 Å². The topological polar surface area (TPSA) is 41.5 Å². The highest BCUT2D eigenvalue weighted by Gasteiger charge is 2.20. The Kier molecular flexibility index (Phi) is 4.88. The van der Waals surface area contributed by atoms with Gasteiger partial charge in [0.1, 0.15) is 4.88 Å². The Morgan fingerprint density at radius 2 is 2.17 bits per heavy atom. The van der Waals surface area contributed by atoms with Gasteiger partial charge in [0.15, 0.2) is 0 Å². The van der Waals surface area contributed by atoms with Gasteiger partial charge in [-0.2, -0.15) is 5.10 Å². The zero-order chi connectivity index (χ0) is 17.3. The number of hydrogen-bond donors (Lipinski definition) is 1. The fraction of sp³-hybridized carbons (Fsp3) is 0.263. The predicted octanol–water partition coefficient (Wildman–Crippen LogP) is 5.57. The zero-order valence-corrected chi connectivity index (χ0v) is 15.3. The van der Waals surface area contributed by atoms with E-state index in [-0.39, 0.29) is 5.91 Å². The molecule has 24 heavy (non-hydrogen) atoms. The van der Waals surface area contributed by atoms with Crippen molar-refractivity contribution in [2.45, 2.75) is 26.7 Å². The van der Waals surface area contributed by atoms with Gasteiger partial charge in [0, 0.05) is 10.1 Å². The van der Waals surface area contributed by atoms with Crippen LogP contribution >= 0.6 is 22.9 Å². The normalized spacial score (nSPS) is 19.4. The van der Waals surface area contributed by atoms with Crippen LogP contribution in [0.5, 0.6) is 0 Å². The molecule has 3 rings (SSSR count). The molecular weight excluding hydrogens is 340 g/mol. The molecule has 0 radical (unpaired) electrons.